The molecule has 0 saturated carbocycles. The third-order valence-corrected chi connectivity index (χ3v) is 7.63. The molecule has 4 rings (SSSR count). The quantitative estimate of drug-likeness (QED) is 0.286. The lowest BCUT2D eigenvalue weighted by atomic mass is 9.87. The number of hydrogen-bond acceptors (Lipinski definition) is 4. The Labute approximate surface area is 287 Å². The van der Waals surface area contributed by atoms with Crippen LogP contribution in [-0.2, 0) is 15.6 Å². The van der Waals surface area contributed by atoms with E-state index in [0.29, 0.717) is 17.0 Å². The number of amides is 2. The minimum Gasteiger partial charge on any atom is -0.465 e. The van der Waals surface area contributed by atoms with Gasteiger partial charge in [0.2, 0.25) is 0 Å². The third-order valence-electron chi connectivity index (χ3n) is 7.63. The number of esters is 1. The maximum Gasteiger partial charge on any atom is 0.337 e. The van der Waals surface area contributed by atoms with Gasteiger partial charge in [0.05, 0.1) is 12.7 Å². The number of benzene rings is 3. The highest BCUT2D eigenvalue weighted by molar-refractivity contribution is 5.94. The largest absolute Gasteiger partial charge is 0.465 e. The highest BCUT2D eigenvalue weighted by Gasteiger charge is 2.19. The summed E-state index contributed by atoms with van der Waals surface area (Å²) in [6.45, 7) is 19.1. The molecule has 3 aromatic carbocycles. The topological polar surface area (TPSA) is 75.7 Å². The van der Waals surface area contributed by atoms with Crippen LogP contribution in [0.4, 0.5) is 0 Å². The molecule has 1 aliphatic rings. The van der Waals surface area contributed by atoms with Crippen LogP contribution in [0.15, 0.2) is 72.8 Å². The van der Waals surface area contributed by atoms with E-state index in [-0.39, 0.29) is 50.9 Å². The van der Waals surface area contributed by atoms with E-state index in [1.165, 1.54) is 23.8 Å². The van der Waals surface area contributed by atoms with Crippen molar-refractivity contribution in [3.05, 3.63) is 106 Å². The first-order chi connectivity index (χ1) is 20.6. The van der Waals surface area contributed by atoms with Crippen LogP contribution >= 0.6 is 0 Å². The number of hydrogen-bond donors (Lipinski definition) is 1. The van der Waals surface area contributed by atoms with Gasteiger partial charge in [0.25, 0.3) is 11.8 Å². The summed E-state index contributed by atoms with van der Waals surface area (Å²) in [6.07, 6.45) is 2.30. The first kappa shape index (κ1) is 45.2. The number of nitrogens with one attached hydrogen (secondary N) is 1. The fraction of sp³-hybridized carbons (Fsp3) is 0.488. The van der Waals surface area contributed by atoms with E-state index in [1.54, 1.807) is 19.2 Å². The second kappa shape index (κ2) is 20.3. The lowest BCUT2D eigenvalue weighted by Gasteiger charge is -2.18. The number of ether oxygens (including phenoxy) is 1. The molecule has 1 saturated heterocycles. The molecule has 6 heteroatoms. The Morgan fingerprint density at radius 2 is 1.04 bits per heavy atom. The van der Waals surface area contributed by atoms with Crippen molar-refractivity contribution in [2.45, 2.75) is 107 Å². The van der Waals surface area contributed by atoms with Crippen molar-refractivity contribution < 1.29 is 19.1 Å². The van der Waals surface area contributed by atoms with E-state index in [2.05, 4.69) is 77.6 Å². The fourth-order valence-electron chi connectivity index (χ4n) is 4.60. The zero-order chi connectivity index (χ0) is 33.1. The number of carbonyl (C=O) groups is 3. The van der Waals surface area contributed by atoms with Gasteiger partial charge in [0, 0.05) is 31.3 Å². The lowest BCUT2D eigenvalue weighted by molar-refractivity contribution is 0.0600. The molecular weight excluding hydrogens is 584 g/mol. The molecule has 0 aliphatic carbocycles. The van der Waals surface area contributed by atoms with Crippen LogP contribution in [0, 0.1) is 0 Å². The third kappa shape index (κ3) is 14.2. The predicted octanol–water partition coefficient (Wildman–Crippen LogP) is 10.1. The molecule has 1 N–H and O–H groups in total. The summed E-state index contributed by atoms with van der Waals surface area (Å²) in [6, 6.07) is 23.3. The average Bonchev–Trinajstić information content (AvgIpc) is 3.55. The summed E-state index contributed by atoms with van der Waals surface area (Å²) < 4.78 is 4.62. The standard InChI is InChI=1S/C14H19NO.C12H17NO.C12H16O2.3CH4/c1-11(2)12-5-7-13(8-6-12)14(16)15-9-3-4-10-15;1-12(2,3)10-7-5-9(6-8-10)11(14)13-4;1-12(2,3)10-7-5-9(6-8-10)11(13)14-4;;;/h5-8,11H,3-4,9-10H2,1-2H3;5-8H,1-4H3,(H,13,14);5-8H,1-4H3;3*1H4. The SMILES string of the molecule is C.C.C.CC(C)c1ccc(C(=O)N2CCCC2)cc1.CNC(=O)c1ccc(C(C)(C)C)cc1.COC(=O)c1ccc(C(C)(C)C)cc1. The molecule has 1 aliphatic heterocycles. The maximum atomic E-state index is 12.1. The molecule has 0 bridgehead atoms. The number of methoxy groups -OCH3 is 1. The molecule has 3 aromatic rings. The average molecular weight is 649 g/mol. The fourth-order valence-corrected chi connectivity index (χ4v) is 4.60. The first-order valence-electron chi connectivity index (χ1n) is 15.5. The van der Waals surface area contributed by atoms with Gasteiger partial charge in [0.15, 0.2) is 0 Å². The van der Waals surface area contributed by atoms with Gasteiger partial charge in [-0.1, -0.05) is 114 Å². The molecule has 47 heavy (non-hydrogen) atoms. The summed E-state index contributed by atoms with van der Waals surface area (Å²) >= 11 is 0. The molecule has 0 radical (unpaired) electrons. The van der Waals surface area contributed by atoms with E-state index >= 15 is 0 Å². The predicted molar refractivity (Wildman–Crippen MR) is 201 cm³/mol. The van der Waals surface area contributed by atoms with Gasteiger partial charge >= 0.3 is 5.97 Å². The minimum absolute atomic E-state index is 0. The molecular formula is C41H64N2O4. The minimum atomic E-state index is -0.287. The van der Waals surface area contributed by atoms with Gasteiger partial charge in [-0.15, -0.1) is 0 Å². The van der Waals surface area contributed by atoms with Crippen molar-refractivity contribution in [3.8, 4) is 0 Å². The Hall–Kier alpha value is -3.93. The summed E-state index contributed by atoms with van der Waals surface area (Å²) in [5.41, 5.74) is 6.14. The number of carbonyl (C=O) groups excluding carboxylic acids is 3. The van der Waals surface area contributed by atoms with Gasteiger partial charge in [-0.05, 0) is 82.7 Å². The lowest BCUT2D eigenvalue weighted by Crippen LogP contribution is -2.27. The van der Waals surface area contributed by atoms with E-state index in [9.17, 15) is 14.4 Å². The Bertz CT molecular complexity index is 1270. The molecule has 0 atom stereocenters. The second-order valence-corrected chi connectivity index (χ2v) is 13.5. The number of nitrogens with zero attached hydrogens (tertiary/aromatic N) is 1. The molecule has 262 valence electrons. The second-order valence-electron chi connectivity index (χ2n) is 13.5. The molecule has 1 heterocycles. The molecule has 0 unspecified atom stereocenters. The van der Waals surface area contributed by atoms with Crippen LogP contribution in [0.1, 0.15) is 144 Å². The smallest absolute Gasteiger partial charge is 0.337 e. The number of likely N-dealkylation sites (tertiary alicyclic amines) is 1. The summed E-state index contributed by atoms with van der Waals surface area (Å²) in [7, 11) is 3.03. The highest BCUT2D eigenvalue weighted by Crippen LogP contribution is 2.23. The maximum absolute atomic E-state index is 12.1. The van der Waals surface area contributed by atoms with Crippen molar-refractivity contribution in [2.75, 3.05) is 27.2 Å². The normalized spacial score (nSPS) is 12.0. The first-order valence-corrected chi connectivity index (χ1v) is 15.5. The summed E-state index contributed by atoms with van der Waals surface area (Å²) in [5.74, 6) is 0.389. The molecule has 0 aromatic heterocycles. The molecule has 1 fully saturated rings. The summed E-state index contributed by atoms with van der Waals surface area (Å²) in [5, 5.41) is 2.60. The van der Waals surface area contributed by atoms with Crippen molar-refractivity contribution in [1.82, 2.24) is 10.2 Å². The van der Waals surface area contributed by atoms with Crippen molar-refractivity contribution >= 4 is 17.8 Å². The monoisotopic (exact) mass is 648 g/mol. The zero-order valence-corrected chi connectivity index (χ0v) is 28.4. The van der Waals surface area contributed by atoms with Crippen LogP contribution in [0.25, 0.3) is 0 Å². The Balaban J connectivity index is 0. The van der Waals surface area contributed by atoms with Crippen LogP contribution < -0.4 is 5.32 Å². The van der Waals surface area contributed by atoms with Crippen LogP contribution in [0.5, 0.6) is 0 Å². The van der Waals surface area contributed by atoms with Gasteiger partial charge < -0.3 is 15.0 Å². The van der Waals surface area contributed by atoms with Crippen molar-refractivity contribution in [3.63, 3.8) is 0 Å². The van der Waals surface area contributed by atoms with Gasteiger partial charge in [-0.2, -0.15) is 0 Å². The van der Waals surface area contributed by atoms with E-state index in [0.717, 1.165) is 31.5 Å². The number of rotatable bonds is 4. The van der Waals surface area contributed by atoms with Crippen LogP contribution in [0.2, 0.25) is 0 Å². The molecule has 0 spiro atoms. The van der Waals surface area contributed by atoms with Gasteiger partial charge in [-0.25, -0.2) is 4.79 Å². The molecule has 6 nitrogen and oxygen atoms in total. The summed E-state index contributed by atoms with van der Waals surface area (Å²) in [4.78, 5) is 36.4. The van der Waals surface area contributed by atoms with E-state index < -0.39 is 0 Å². The van der Waals surface area contributed by atoms with Crippen LogP contribution in [0.3, 0.4) is 0 Å². The van der Waals surface area contributed by atoms with Crippen molar-refractivity contribution in [1.29, 1.82) is 0 Å². The van der Waals surface area contributed by atoms with Gasteiger partial charge in [-0.3, -0.25) is 9.59 Å². The van der Waals surface area contributed by atoms with Crippen molar-refractivity contribution in [2.24, 2.45) is 0 Å². The Morgan fingerprint density at radius 1 is 0.660 bits per heavy atom. The van der Waals surface area contributed by atoms with E-state index in [1.807, 2.05) is 53.4 Å². The van der Waals surface area contributed by atoms with Crippen LogP contribution in [-0.4, -0.2) is 49.9 Å². The Kier molecular flexibility index (Phi) is 19.6. The zero-order valence-electron chi connectivity index (χ0n) is 28.4. The van der Waals surface area contributed by atoms with Gasteiger partial charge in [0.1, 0.15) is 0 Å². The van der Waals surface area contributed by atoms with E-state index in [4.69, 9.17) is 0 Å². The Morgan fingerprint density at radius 3 is 1.38 bits per heavy atom. The molecule has 2 amide bonds. The highest BCUT2D eigenvalue weighted by atomic mass is 16.5.